The Morgan fingerprint density at radius 3 is 1.41 bits per heavy atom. The standard InChI is InChI=1S/C24H34O17/c1-9(25)33-7-15-18(20(36-12(4)28)17(31)23(32)39-15)41-24-22(38-14(6)30)21(37-13(5)29)19(35-11(3)27)16(40-24)8-34-10(2)26/h15-24,31-32H,7-8H2,1-6H3/t15-,16-,17-,18-,19+,20-,21+,22-,23?,24+/m1/s1. The lowest BCUT2D eigenvalue weighted by Gasteiger charge is -2.47. The molecule has 2 aliphatic rings. The molecule has 2 heterocycles. The Kier molecular flexibility index (Phi) is 12.4. The van der Waals surface area contributed by atoms with Crippen LogP contribution in [0.25, 0.3) is 0 Å². The van der Waals surface area contributed by atoms with Gasteiger partial charge in [-0.1, -0.05) is 0 Å². The lowest BCUT2D eigenvalue weighted by atomic mass is 9.96. The van der Waals surface area contributed by atoms with Gasteiger partial charge in [-0.05, 0) is 0 Å². The van der Waals surface area contributed by atoms with Crippen LogP contribution in [-0.4, -0.2) is 121 Å². The molecular weight excluding hydrogens is 560 g/mol. The molecule has 0 saturated carbocycles. The first-order valence-corrected chi connectivity index (χ1v) is 12.4. The number of ether oxygens (including phenoxy) is 9. The lowest BCUT2D eigenvalue weighted by molar-refractivity contribution is -0.356. The Bertz CT molecular complexity index is 981. The number of aliphatic hydroxyl groups is 2. The van der Waals surface area contributed by atoms with E-state index in [4.69, 9.17) is 42.6 Å². The van der Waals surface area contributed by atoms with E-state index in [1.807, 2.05) is 0 Å². The van der Waals surface area contributed by atoms with Gasteiger partial charge >= 0.3 is 35.8 Å². The van der Waals surface area contributed by atoms with Gasteiger partial charge in [-0.2, -0.15) is 0 Å². The van der Waals surface area contributed by atoms with Gasteiger partial charge in [0.1, 0.15) is 37.6 Å². The van der Waals surface area contributed by atoms with Gasteiger partial charge < -0.3 is 52.8 Å². The summed E-state index contributed by atoms with van der Waals surface area (Å²) in [6.45, 7) is 5.18. The van der Waals surface area contributed by atoms with Crippen molar-refractivity contribution in [1.82, 2.24) is 0 Å². The predicted octanol–water partition coefficient (Wildman–Crippen LogP) is -1.97. The molecule has 2 rings (SSSR count). The summed E-state index contributed by atoms with van der Waals surface area (Å²) in [5.41, 5.74) is 0. The minimum absolute atomic E-state index is 0.551. The van der Waals surface area contributed by atoms with Crippen molar-refractivity contribution in [1.29, 1.82) is 0 Å². The summed E-state index contributed by atoms with van der Waals surface area (Å²) in [6.07, 6.45) is -16.2. The summed E-state index contributed by atoms with van der Waals surface area (Å²) in [5.74, 6) is -5.03. The highest BCUT2D eigenvalue weighted by Crippen LogP contribution is 2.34. The van der Waals surface area contributed by atoms with Crippen molar-refractivity contribution >= 4 is 35.8 Å². The number of rotatable bonds is 10. The molecule has 2 fully saturated rings. The number of carbonyl (C=O) groups excluding carboxylic acids is 6. The zero-order chi connectivity index (χ0) is 31.0. The van der Waals surface area contributed by atoms with Crippen LogP contribution in [0.1, 0.15) is 41.5 Å². The van der Waals surface area contributed by atoms with Gasteiger partial charge in [0.05, 0.1) is 0 Å². The molecule has 232 valence electrons. The highest BCUT2D eigenvalue weighted by atomic mass is 16.8. The number of hydrogen-bond donors (Lipinski definition) is 2. The second-order valence-corrected chi connectivity index (χ2v) is 9.10. The van der Waals surface area contributed by atoms with E-state index in [0.29, 0.717) is 0 Å². The third-order valence-electron chi connectivity index (χ3n) is 5.63. The lowest BCUT2D eigenvalue weighted by Crippen LogP contribution is -2.66. The molecule has 0 aliphatic carbocycles. The molecule has 0 aromatic rings. The number of hydrogen-bond acceptors (Lipinski definition) is 17. The fraction of sp³-hybridized carbons (Fsp3) is 0.750. The monoisotopic (exact) mass is 594 g/mol. The van der Waals surface area contributed by atoms with E-state index in [1.54, 1.807) is 0 Å². The van der Waals surface area contributed by atoms with Crippen LogP contribution in [0.5, 0.6) is 0 Å². The van der Waals surface area contributed by atoms with Crippen LogP contribution >= 0.6 is 0 Å². The van der Waals surface area contributed by atoms with Crippen LogP contribution in [-0.2, 0) is 71.4 Å². The van der Waals surface area contributed by atoms with Crippen LogP contribution in [0.3, 0.4) is 0 Å². The summed E-state index contributed by atoms with van der Waals surface area (Å²) < 4.78 is 48.3. The Balaban J connectivity index is 2.58. The molecule has 0 aromatic heterocycles. The molecule has 0 spiro atoms. The Hall–Kier alpha value is -3.38. The van der Waals surface area contributed by atoms with Crippen molar-refractivity contribution in [3.63, 3.8) is 0 Å². The van der Waals surface area contributed by atoms with Crippen molar-refractivity contribution < 1.29 is 81.6 Å². The van der Waals surface area contributed by atoms with Crippen molar-refractivity contribution in [3.05, 3.63) is 0 Å². The average Bonchev–Trinajstić information content (AvgIpc) is 2.83. The maximum Gasteiger partial charge on any atom is 0.303 e. The molecule has 41 heavy (non-hydrogen) atoms. The van der Waals surface area contributed by atoms with Crippen LogP contribution in [0.15, 0.2) is 0 Å². The van der Waals surface area contributed by atoms with Gasteiger partial charge in [0.15, 0.2) is 37.0 Å². The van der Waals surface area contributed by atoms with E-state index in [0.717, 1.165) is 41.5 Å². The second-order valence-electron chi connectivity index (χ2n) is 9.10. The molecule has 1 unspecified atom stereocenters. The van der Waals surface area contributed by atoms with Gasteiger partial charge in [-0.3, -0.25) is 28.8 Å². The van der Waals surface area contributed by atoms with E-state index in [1.165, 1.54) is 0 Å². The largest absolute Gasteiger partial charge is 0.463 e. The first-order valence-electron chi connectivity index (χ1n) is 12.4. The van der Waals surface area contributed by atoms with E-state index in [-0.39, 0.29) is 0 Å². The highest BCUT2D eigenvalue weighted by molar-refractivity contribution is 5.69. The summed E-state index contributed by atoms with van der Waals surface area (Å²) in [4.78, 5) is 70.9. The zero-order valence-corrected chi connectivity index (χ0v) is 23.2. The summed E-state index contributed by atoms with van der Waals surface area (Å²) in [7, 11) is 0. The Morgan fingerprint density at radius 2 is 0.951 bits per heavy atom. The van der Waals surface area contributed by atoms with Gasteiger partial charge in [-0.15, -0.1) is 0 Å². The van der Waals surface area contributed by atoms with Gasteiger partial charge in [0.25, 0.3) is 0 Å². The van der Waals surface area contributed by atoms with Crippen molar-refractivity contribution in [3.8, 4) is 0 Å². The predicted molar refractivity (Wildman–Crippen MR) is 126 cm³/mol. The molecule has 10 atom stereocenters. The number of aliphatic hydroxyl groups excluding tert-OH is 2. The zero-order valence-electron chi connectivity index (χ0n) is 23.2. The molecule has 0 aromatic carbocycles. The third-order valence-corrected chi connectivity index (χ3v) is 5.63. The molecule has 17 nitrogen and oxygen atoms in total. The smallest absolute Gasteiger partial charge is 0.303 e. The maximum atomic E-state index is 12.1. The average molecular weight is 595 g/mol. The highest BCUT2D eigenvalue weighted by Gasteiger charge is 2.56. The van der Waals surface area contributed by atoms with Crippen LogP contribution in [0.2, 0.25) is 0 Å². The van der Waals surface area contributed by atoms with Gasteiger partial charge in [-0.25, -0.2) is 0 Å². The molecule has 0 amide bonds. The van der Waals surface area contributed by atoms with Crippen molar-refractivity contribution in [2.24, 2.45) is 0 Å². The molecule has 2 N–H and O–H groups in total. The topological polar surface area (TPSA) is 226 Å². The first-order chi connectivity index (χ1) is 19.1. The molecule has 0 bridgehead atoms. The van der Waals surface area contributed by atoms with Crippen molar-refractivity contribution in [2.75, 3.05) is 13.2 Å². The summed E-state index contributed by atoms with van der Waals surface area (Å²) in [5, 5.41) is 20.8. The molecule has 0 radical (unpaired) electrons. The van der Waals surface area contributed by atoms with Crippen molar-refractivity contribution in [2.45, 2.75) is 103 Å². The van der Waals surface area contributed by atoms with Crippen LogP contribution in [0, 0.1) is 0 Å². The normalized spacial score (nSPS) is 33.1. The quantitative estimate of drug-likeness (QED) is 0.206. The van der Waals surface area contributed by atoms with Crippen LogP contribution < -0.4 is 0 Å². The van der Waals surface area contributed by atoms with E-state index >= 15 is 0 Å². The summed E-state index contributed by atoms with van der Waals surface area (Å²) >= 11 is 0. The molecule has 17 heteroatoms. The molecular formula is C24H34O17. The Labute approximate surface area is 234 Å². The minimum atomic E-state index is -1.91. The van der Waals surface area contributed by atoms with Gasteiger partial charge in [0, 0.05) is 41.5 Å². The van der Waals surface area contributed by atoms with Gasteiger partial charge in [0.2, 0.25) is 0 Å². The second kappa shape index (κ2) is 15.0. The van der Waals surface area contributed by atoms with Crippen LogP contribution in [0.4, 0.5) is 0 Å². The minimum Gasteiger partial charge on any atom is -0.463 e. The Morgan fingerprint density at radius 1 is 0.537 bits per heavy atom. The maximum absolute atomic E-state index is 12.1. The fourth-order valence-corrected chi connectivity index (χ4v) is 4.19. The van der Waals surface area contributed by atoms with E-state index in [9.17, 15) is 39.0 Å². The number of esters is 6. The first kappa shape index (κ1) is 33.8. The number of carbonyl (C=O) groups is 6. The van der Waals surface area contributed by atoms with E-state index < -0.39 is 110 Å². The SMILES string of the molecule is CC(=O)OC[C@H]1O[C@@H](O[C@H]2[C@H](OC(C)=O)[C@@H](O)C(O)O[C@@H]2COC(C)=O)[C@H](OC(C)=O)[C@@H](OC(C)=O)[C@H]1OC(C)=O. The third kappa shape index (κ3) is 9.89. The summed E-state index contributed by atoms with van der Waals surface area (Å²) in [6, 6.07) is 0. The van der Waals surface area contributed by atoms with E-state index in [2.05, 4.69) is 0 Å². The fourth-order valence-electron chi connectivity index (χ4n) is 4.19. The molecule has 2 aliphatic heterocycles. The molecule has 2 saturated heterocycles.